The highest BCUT2D eigenvalue weighted by molar-refractivity contribution is 5.82. The van der Waals surface area contributed by atoms with Gasteiger partial charge in [-0.05, 0) is 126 Å². The van der Waals surface area contributed by atoms with Gasteiger partial charge in [-0.3, -0.25) is 9.63 Å². The number of aliphatic hydroxyl groups is 1. The van der Waals surface area contributed by atoms with E-state index in [0.29, 0.717) is 59.6 Å². The largest absolute Gasteiger partial charge is 0.393 e. The molecule has 2 aliphatic heterocycles. The molecule has 15 atom stereocenters. The van der Waals surface area contributed by atoms with E-state index in [1.165, 1.54) is 44.9 Å². The van der Waals surface area contributed by atoms with Crippen molar-refractivity contribution >= 4 is 5.91 Å². The normalized spacial score (nSPS) is 44.5. The Bertz CT molecular complexity index is 1090. The van der Waals surface area contributed by atoms with E-state index in [2.05, 4.69) is 50.4 Å². The number of ether oxygens (including phenoxy) is 2. The molecule has 1 amide bonds. The fourth-order valence-corrected chi connectivity index (χ4v) is 11.8. The zero-order valence-corrected chi connectivity index (χ0v) is 31.8. The van der Waals surface area contributed by atoms with Gasteiger partial charge in [-0.15, -0.1) is 0 Å². The molecule has 5 aliphatic carbocycles. The lowest BCUT2D eigenvalue weighted by Gasteiger charge is -2.62. The summed E-state index contributed by atoms with van der Waals surface area (Å²) < 4.78 is 12.3. The SMILES string of the molecule is COC1C(CN2O[C@@H](CN)[C@@H]([C@H](C)O)[C@H]2C(=O)NC2C[C@H]3C[C@@H]([C@@H]2C)C3(C)C)CCCC1C1CC(CNC[C@H]2CCCO2)CC(N(C)C)C1. The van der Waals surface area contributed by atoms with Crippen LogP contribution in [0.2, 0.25) is 0 Å². The van der Waals surface area contributed by atoms with Crippen LogP contribution in [0.1, 0.15) is 91.9 Å². The lowest BCUT2D eigenvalue weighted by molar-refractivity contribution is -0.186. The highest BCUT2D eigenvalue weighted by Crippen LogP contribution is 2.61. The highest BCUT2D eigenvalue weighted by Gasteiger charge is 2.57. The lowest BCUT2D eigenvalue weighted by Crippen LogP contribution is -2.62. The number of fused-ring (bicyclic) bond motifs is 2. The van der Waals surface area contributed by atoms with Crippen LogP contribution < -0.4 is 16.4 Å². The van der Waals surface area contributed by atoms with Crippen LogP contribution in [-0.2, 0) is 19.1 Å². The summed E-state index contributed by atoms with van der Waals surface area (Å²) >= 11 is 0. The smallest absolute Gasteiger partial charge is 0.240 e. The molecule has 7 rings (SSSR count). The van der Waals surface area contributed by atoms with Crippen LogP contribution in [0.25, 0.3) is 0 Å². The van der Waals surface area contributed by atoms with Crippen LogP contribution in [0.3, 0.4) is 0 Å². The van der Waals surface area contributed by atoms with Crippen LogP contribution in [0.4, 0.5) is 0 Å². The van der Waals surface area contributed by atoms with Crippen LogP contribution >= 0.6 is 0 Å². The number of hydrogen-bond donors (Lipinski definition) is 4. The molecule has 5 saturated carbocycles. The predicted molar refractivity (Wildman–Crippen MR) is 192 cm³/mol. The van der Waals surface area contributed by atoms with Crippen molar-refractivity contribution in [2.24, 2.45) is 58.5 Å². The van der Waals surface area contributed by atoms with Crippen LogP contribution in [0.5, 0.6) is 0 Å². The lowest BCUT2D eigenvalue weighted by atomic mass is 9.45. The third-order valence-electron chi connectivity index (χ3n) is 14.8. The Hall–Kier alpha value is -0.850. The van der Waals surface area contributed by atoms with Gasteiger partial charge in [0.15, 0.2) is 0 Å². The second-order valence-corrected chi connectivity index (χ2v) is 18.1. The molecule has 10 heteroatoms. The van der Waals surface area contributed by atoms with Crippen LogP contribution in [0, 0.1) is 52.8 Å². The average Bonchev–Trinajstić information content (AvgIpc) is 3.73. The molecule has 5 N–H and O–H groups in total. The molecule has 10 nitrogen and oxygen atoms in total. The third-order valence-corrected chi connectivity index (χ3v) is 14.8. The summed E-state index contributed by atoms with van der Waals surface area (Å²) in [5.41, 5.74) is 6.59. The molecule has 282 valence electrons. The predicted octanol–water partition coefficient (Wildman–Crippen LogP) is 3.66. The minimum Gasteiger partial charge on any atom is -0.393 e. The van der Waals surface area contributed by atoms with Gasteiger partial charge in [0, 0.05) is 57.3 Å². The Kier molecular flexibility index (Phi) is 12.4. The fourth-order valence-electron chi connectivity index (χ4n) is 11.8. The first kappa shape index (κ1) is 37.9. The highest BCUT2D eigenvalue weighted by atomic mass is 16.7. The zero-order chi connectivity index (χ0) is 35.0. The van der Waals surface area contributed by atoms with Gasteiger partial charge in [-0.25, -0.2) is 0 Å². The van der Waals surface area contributed by atoms with E-state index < -0.39 is 18.2 Å². The number of carbonyl (C=O) groups is 1. The number of rotatable bonds is 13. The Morgan fingerprint density at radius 2 is 1.90 bits per heavy atom. The Morgan fingerprint density at radius 1 is 1.10 bits per heavy atom. The van der Waals surface area contributed by atoms with Crippen molar-refractivity contribution in [3.8, 4) is 0 Å². The fraction of sp³-hybridized carbons (Fsp3) is 0.974. The number of nitrogens with two attached hydrogens (primary N) is 1. The van der Waals surface area contributed by atoms with Crippen molar-refractivity contribution in [1.29, 1.82) is 0 Å². The molecular weight excluding hydrogens is 618 g/mol. The maximum atomic E-state index is 14.3. The molecule has 0 aromatic carbocycles. The van der Waals surface area contributed by atoms with Gasteiger partial charge >= 0.3 is 0 Å². The average molecular weight is 690 g/mol. The van der Waals surface area contributed by atoms with Crippen molar-refractivity contribution in [2.75, 3.05) is 54.0 Å². The summed E-state index contributed by atoms with van der Waals surface area (Å²) in [7, 11) is 6.36. The molecule has 7 fully saturated rings. The second-order valence-electron chi connectivity index (χ2n) is 18.1. The zero-order valence-electron chi connectivity index (χ0n) is 31.8. The van der Waals surface area contributed by atoms with Gasteiger partial charge in [-0.1, -0.05) is 27.2 Å². The quantitative estimate of drug-likeness (QED) is 0.230. The summed E-state index contributed by atoms with van der Waals surface area (Å²) in [6.45, 7) is 12.7. The number of carbonyl (C=O) groups excluding carboxylic acids is 1. The van der Waals surface area contributed by atoms with E-state index in [-0.39, 0.29) is 36.4 Å². The molecule has 2 bridgehead atoms. The van der Waals surface area contributed by atoms with Crippen molar-refractivity contribution in [3.05, 3.63) is 0 Å². The van der Waals surface area contributed by atoms with E-state index in [1.54, 1.807) is 6.92 Å². The maximum Gasteiger partial charge on any atom is 0.240 e. The molecule has 0 aromatic rings. The summed E-state index contributed by atoms with van der Waals surface area (Å²) in [6, 6.07) is 0.154. The number of nitrogens with zero attached hydrogens (tertiary/aromatic N) is 2. The van der Waals surface area contributed by atoms with Crippen molar-refractivity contribution in [2.45, 2.75) is 134 Å². The summed E-state index contributed by atoms with van der Waals surface area (Å²) in [6.07, 6.45) is 11.1. The molecule has 0 radical (unpaired) electrons. The number of aliphatic hydroxyl groups excluding tert-OH is 1. The number of methoxy groups -OCH3 is 1. The topological polar surface area (TPSA) is 122 Å². The molecule has 7 aliphatic rings. The molecule has 0 spiro atoms. The molecule has 49 heavy (non-hydrogen) atoms. The van der Waals surface area contributed by atoms with Crippen molar-refractivity contribution in [1.82, 2.24) is 20.6 Å². The van der Waals surface area contributed by atoms with E-state index in [4.69, 9.17) is 20.0 Å². The van der Waals surface area contributed by atoms with Gasteiger partial charge in [0.05, 0.1) is 24.4 Å². The standard InChI is InChI=1S/C39H71N5O5/c1-23-32-17-28(39(32,3)4)18-33(23)42-38(46)36-35(24(2)45)34(19-40)49-44(36)22-26-10-8-12-31(37(26)47-7)27-14-25(15-29(16-27)43(5)6)20-41-21-30-11-9-13-48-30/h23-37,41,45H,8-22,40H2,1-7H3,(H,42,46)/t23-,24-,25?,26?,27?,28+,29?,30+,31?,32-,33?,34-,35+,36-,37?/m0/s1. The number of hydrogen-bond acceptors (Lipinski definition) is 9. The first-order valence-electron chi connectivity index (χ1n) is 20.1. The van der Waals surface area contributed by atoms with Gasteiger partial charge < -0.3 is 35.8 Å². The second kappa shape index (κ2) is 16.0. The maximum absolute atomic E-state index is 14.3. The number of hydroxylamine groups is 2. The van der Waals surface area contributed by atoms with Crippen LogP contribution in [-0.4, -0.2) is 118 Å². The summed E-state index contributed by atoms with van der Waals surface area (Å²) in [4.78, 5) is 23.3. The van der Waals surface area contributed by atoms with Gasteiger partial charge in [-0.2, -0.15) is 5.06 Å². The number of amides is 1. The van der Waals surface area contributed by atoms with Gasteiger partial charge in [0.1, 0.15) is 6.04 Å². The Morgan fingerprint density at radius 3 is 2.53 bits per heavy atom. The van der Waals surface area contributed by atoms with E-state index in [0.717, 1.165) is 39.0 Å². The third kappa shape index (κ3) is 7.92. The Balaban J connectivity index is 1.14. The van der Waals surface area contributed by atoms with Crippen molar-refractivity contribution in [3.63, 3.8) is 0 Å². The minimum absolute atomic E-state index is 0.0152. The summed E-state index contributed by atoms with van der Waals surface area (Å²) in [5.74, 6) is 3.27. The molecular formula is C39H71N5O5. The van der Waals surface area contributed by atoms with E-state index in [9.17, 15) is 9.90 Å². The van der Waals surface area contributed by atoms with Crippen molar-refractivity contribution < 1.29 is 24.2 Å². The number of nitrogens with one attached hydrogen (secondary N) is 2. The molecule has 0 aromatic heterocycles. The molecule has 2 heterocycles. The molecule has 7 unspecified atom stereocenters. The van der Waals surface area contributed by atoms with Gasteiger partial charge in [0.25, 0.3) is 0 Å². The van der Waals surface area contributed by atoms with Gasteiger partial charge in [0.2, 0.25) is 5.91 Å². The molecule has 2 saturated heterocycles. The summed E-state index contributed by atoms with van der Waals surface area (Å²) in [5, 5.41) is 20.2. The first-order chi connectivity index (χ1) is 23.4. The van der Waals surface area contributed by atoms with E-state index in [1.807, 2.05) is 12.2 Å². The first-order valence-corrected chi connectivity index (χ1v) is 20.1. The minimum atomic E-state index is -0.710. The monoisotopic (exact) mass is 690 g/mol. The van der Waals surface area contributed by atoms with Crippen LogP contribution in [0.15, 0.2) is 0 Å². The Labute approximate surface area is 297 Å². The van der Waals surface area contributed by atoms with E-state index >= 15 is 0 Å².